The monoisotopic (exact) mass is 226 g/mol. The van der Waals surface area contributed by atoms with Crippen LogP contribution in [0.5, 0.6) is 0 Å². The standard InChI is InChI=1S/C10H18O2.Fe/c1-2-9(10(11)12)8-6-4-3-5-7-8;/h8-9H,2-7H2,1H3,(H,11,12);. The predicted octanol–water partition coefficient (Wildman–Crippen LogP) is 2.68. The van der Waals surface area contributed by atoms with Crippen molar-refractivity contribution in [1.82, 2.24) is 0 Å². The van der Waals surface area contributed by atoms with Crippen molar-refractivity contribution >= 4 is 5.97 Å². The second-order valence-corrected chi connectivity index (χ2v) is 3.75. The molecule has 0 saturated heterocycles. The summed E-state index contributed by atoms with van der Waals surface area (Å²) in [5.41, 5.74) is 0. The largest absolute Gasteiger partial charge is 0.481 e. The molecule has 0 aromatic carbocycles. The van der Waals surface area contributed by atoms with Gasteiger partial charge in [0, 0.05) is 17.1 Å². The number of carbonyl (C=O) groups is 1. The van der Waals surface area contributed by atoms with E-state index in [1.54, 1.807) is 0 Å². The minimum Gasteiger partial charge on any atom is -0.481 e. The Morgan fingerprint density at radius 1 is 1.38 bits per heavy atom. The van der Waals surface area contributed by atoms with Gasteiger partial charge in [-0.25, -0.2) is 0 Å². The van der Waals surface area contributed by atoms with Crippen LogP contribution in [0, 0.1) is 11.8 Å². The van der Waals surface area contributed by atoms with E-state index < -0.39 is 5.97 Å². The van der Waals surface area contributed by atoms with Crippen LogP contribution in [0.3, 0.4) is 0 Å². The number of aliphatic carboxylic acids is 1. The second kappa shape index (κ2) is 6.44. The molecule has 1 rings (SSSR count). The quantitative estimate of drug-likeness (QED) is 0.751. The maximum absolute atomic E-state index is 10.8. The average molecular weight is 226 g/mol. The summed E-state index contributed by atoms with van der Waals surface area (Å²) < 4.78 is 0. The molecule has 1 atom stereocenters. The van der Waals surface area contributed by atoms with Crippen molar-refractivity contribution in [2.45, 2.75) is 45.4 Å². The summed E-state index contributed by atoms with van der Waals surface area (Å²) in [7, 11) is 0. The Kier molecular flexibility index (Phi) is 6.44. The van der Waals surface area contributed by atoms with Crippen molar-refractivity contribution in [3.05, 3.63) is 0 Å². The fourth-order valence-electron chi connectivity index (χ4n) is 2.25. The van der Waals surface area contributed by atoms with E-state index in [0.29, 0.717) is 5.92 Å². The van der Waals surface area contributed by atoms with Crippen molar-refractivity contribution in [1.29, 1.82) is 0 Å². The molecule has 1 fully saturated rings. The average Bonchev–Trinajstić information content (AvgIpc) is 2.07. The van der Waals surface area contributed by atoms with Crippen LogP contribution >= 0.6 is 0 Å². The summed E-state index contributed by atoms with van der Waals surface area (Å²) in [6.07, 6.45) is 6.81. The molecular weight excluding hydrogens is 208 g/mol. The predicted molar refractivity (Wildman–Crippen MR) is 48.0 cm³/mol. The van der Waals surface area contributed by atoms with E-state index in [9.17, 15) is 4.79 Å². The van der Waals surface area contributed by atoms with E-state index in [4.69, 9.17) is 5.11 Å². The van der Waals surface area contributed by atoms with Gasteiger partial charge >= 0.3 is 5.97 Å². The Morgan fingerprint density at radius 2 is 1.92 bits per heavy atom. The van der Waals surface area contributed by atoms with E-state index in [-0.39, 0.29) is 23.0 Å². The summed E-state index contributed by atoms with van der Waals surface area (Å²) >= 11 is 0. The molecule has 0 bridgehead atoms. The smallest absolute Gasteiger partial charge is 0.306 e. The van der Waals surface area contributed by atoms with Gasteiger partial charge in [-0.1, -0.05) is 26.2 Å². The molecule has 0 spiro atoms. The minimum atomic E-state index is -0.593. The normalized spacial score (nSPS) is 20.4. The molecule has 1 saturated carbocycles. The third kappa shape index (κ3) is 3.70. The molecule has 78 valence electrons. The van der Waals surface area contributed by atoms with Crippen LogP contribution in [0.15, 0.2) is 0 Å². The summed E-state index contributed by atoms with van der Waals surface area (Å²) in [5.74, 6) is -0.212. The first-order chi connectivity index (χ1) is 5.75. The van der Waals surface area contributed by atoms with Gasteiger partial charge in [-0.05, 0) is 25.2 Å². The number of rotatable bonds is 3. The summed E-state index contributed by atoms with van der Waals surface area (Å²) in [4.78, 5) is 10.8. The molecule has 1 unspecified atom stereocenters. The van der Waals surface area contributed by atoms with Crippen molar-refractivity contribution in [2.24, 2.45) is 11.8 Å². The van der Waals surface area contributed by atoms with Gasteiger partial charge in [-0.2, -0.15) is 0 Å². The molecule has 0 aliphatic heterocycles. The van der Waals surface area contributed by atoms with Gasteiger partial charge in [0.2, 0.25) is 0 Å². The SMILES string of the molecule is CCC(C(=O)O)C1CCCCC1.[Fe]. The van der Waals surface area contributed by atoms with Gasteiger partial charge in [0.1, 0.15) is 0 Å². The van der Waals surface area contributed by atoms with Gasteiger partial charge in [0.05, 0.1) is 5.92 Å². The molecule has 1 aliphatic rings. The third-order valence-corrected chi connectivity index (χ3v) is 2.98. The minimum absolute atomic E-state index is 0. The number of carboxylic acid groups (broad SMARTS) is 1. The van der Waals surface area contributed by atoms with Crippen LogP contribution in [0.2, 0.25) is 0 Å². The topological polar surface area (TPSA) is 37.3 Å². The number of hydrogen-bond donors (Lipinski definition) is 1. The van der Waals surface area contributed by atoms with Crippen LogP contribution in [0.1, 0.15) is 45.4 Å². The Morgan fingerprint density at radius 3 is 2.31 bits per heavy atom. The molecule has 3 heteroatoms. The van der Waals surface area contributed by atoms with Gasteiger partial charge < -0.3 is 5.11 Å². The van der Waals surface area contributed by atoms with Crippen molar-refractivity contribution in [3.8, 4) is 0 Å². The van der Waals surface area contributed by atoms with Gasteiger partial charge in [0.25, 0.3) is 0 Å². The zero-order valence-corrected chi connectivity index (χ0v) is 9.21. The van der Waals surface area contributed by atoms with Gasteiger partial charge in [-0.15, -0.1) is 0 Å². The molecule has 0 radical (unpaired) electrons. The zero-order valence-electron chi connectivity index (χ0n) is 8.11. The van der Waals surface area contributed by atoms with Crippen molar-refractivity contribution < 1.29 is 27.0 Å². The number of hydrogen-bond acceptors (Lipinski definition) is 1. The Bertz CT molecular complexity index is 153. The Hall–Kier alpha value is -0.0105. The first-order valence-electron chi connectivity index (χ1n) is 4.98. The van der Waals surface area contributed by atoms with Gasteiger partial charge in [-0.3, -0.25) is 4.79 Å². The first kappa shape index (κ1) is 13.0. The van der Waals surface area contributed by atoms with Crippen molar-refractivity contribution in [2.75, 3.05) is 0 Å². The van der Waals surface area contributed by atoms with E-state index in [2.05, 4.69) is 0 Å². The molecule has 1 N–H and O–H groups in total. The van der Waals surface area contributed by atoms with E-state index >= 15 is 0 Å². The van der Waals surface area contributed by atoms with E-state index in [1.165, 1.54) is 19.3 Å². The first-order valence-corrected chi connectivity index (χ1v) is 4.98. The van der Waals surface area contributed by atoms with Crippen LogP contribution < -0.4 is 0 Å². The van der Waals surface area contributed by atoms with E-state index in [1.807, 2.05) is 6.92 Å². The van der Waals surface area contributed by atoms with Crippen LogP contribution in [-0.2, 0) is 21.9 Å². The zero-order chi connectivity index (χ0) is 8.97. The maximum Gasteiger partial charge on any atom is 0.306 e. The third-order valence-electron chi connectivity index (χ3n) is 2.98. The summed E-state index contributed by atoms with van der Waals surface area (Å²) in [6, 6.07) is 0. The summed E-state index contributed by atoms with van der Waals surface area (Å²) in [5, 5.41) is 8.93. The van der Waals surface area contributed by atoms with Gasteiger partial charge in [0.15, 0.2) is 0 Å². The fraction of sp³-hybridized carbons (Fsp3) is 0.900. The molecule has 0 aromatic rings. The molecule has 13 heavy (non-hydrogen) atoms. The molecule has 2 nitrogen and oxygen atoms in total. The Labute approximate surface area is 90.6 Å². The molecular formula is C10H18FeO2. The van der Waals surface area contributed by atoms with Crippen LogP contribution in [-0.4, -0.2) is 11.1 Å². The molecule has 0 aromatic heterocycles. The van der Waals surface area contributed by atoms with Crippen LogP contribution in [0.25, 0.3) is 0 Å². The molecule has 1 aliphatic carbocycles. The second-order valence-electron chi connectivity index (χ2n) is 3.75. The van der Waals surface area contributed by atoms with E-state index in [0.717, 1.165) is 19.3 Å². The number of carboxylic acids is 1. The summed E-state index contributed by atoms with van der Waals surface area (Å²) in [6.45, 7) is 1.98. The maximum atomic E-state index is 10.8. The van der Waals surface area contributed by atoms with Crippen molar-refractivity contribution in [3.63, 3.8) is 0 Å². The molecule has 0 amide bonds. The fourth-order valence-corrected chi connectivity index (χ4v) is 2.25. The molecule has 0 heterocycles. The Balaban J connectivity index is 0.00000144. The van der Waals surface area contributed by atoms with Crippen LogP contribution in [0.4, 0.5) is 0 Å².